The molecule has 0 radical (unpaired) electrons. The van der Waals surface area contributed by atoms with E-state index in [1.54, 1.807) is 13.8 Å². The summed E-state index contributed by atoms with van der Waals surface area (Å²) < 4.78 is 10.1. The maximum absolute atomic E-state index is 13.4. The molecule has 0 saturated heterocycles. The van der Waals surface area contributed by atoms with Gasteiger partial charge in [0.2, 0.25) is 11.8 Å². The summed E-state index contributed by atoms with van der Waals surface area (Å²) in [5.41, 5.74) is 0. The Kier molecular flexibility index (Phi) is 10.2. The van der Waals surface area contributed by atoms with E-state index in [1.165, 1.54) is 0 Å². The third kappa shape index (κ3) is 8.58. The quantitative estimate of drug-likeness (QED) is 0.356. The number of rotatable bonds is 14. The second kappa shape index (κ2) is 13.1. The van der Waals surface area contributed by atoms with Gasteiger partial charge in [-0.1, -0.05) is 6.42 Å². The van der Waals surface area contributed by atoms with Crippen molar-refractivity contribution in [2.45, 2.75) is 78.1 Å². The van der Waals surface area contributed by atoms with Crippen molar-refractivity contribution in [1.29, 1.82) is 0 Å². The molecule has 2 unspecified atom stereocenters. The molecule has 0 spiro atoms. The van der Waals surface area contributed by atoms with Crippen molar-refractivity contribution in [2.75, 3.05) is 39.4 Å². The molecular formula is C26H42N2O6. The lowest BCUT2D eigenvalue weighted by atomic mass is 9.79. The monoisotopic (exact) mass is 478 g/mol. The van der Waals surface area contributed by atoms with Gasteiger partial charge in [0.15, 0.2) is 0 Å². The molecule has 0 aromatic rings. The van der Waals surface area contributed by atoms with E-state index < -0.39 is 0 Å². The van der Waals surface area contributed by atoms with Crippen molar-refractivity contribution < 1.29 is 28.7 Å². The molecule has 2 amide bonds. The average molecular weight is 479 g/mol. The first-order chi connectivity index (χ1) is 16.4. The van der Waals surface area contributed by atoms with Gasteiger partial charge in [0, 0.05) is 38.0 Å². The molecule has 0 aromatic carbocycles. The summed E-state index contributed by atoms with van der Waals surface area (Å²) in [6.45, 7) is 6.41. The summed E-state index contributed by atoms with van der Waals surface area (Å²) >= 11 is 0. The molecule has 3 aliphatic carbocycles. The second-order valence-corrected chi connectivity index (χ2v) is 10.1. The highest BCUT2D eigenvalue weighted by molar-refractivity contribution is 5.83. The molecule has 3 rings (SSSR count). The van der Waals surface area contributed by atoms with Crippen LogP contribution in [0.5, 0.6) is 0 Å². The van der Waals surface area contributed by atoms with Gasteiger partial charge in [-0.2, -0.15) is 0 Å². The van der Waals surface area contributed by atoms with Crippen LogP contribution in [0, 0.1) is 23.7 Å². The minimum atomic E-state index is -0.273. The Morgan fingerprint density at radius 1 is 0.676 bits per heavy atom. The number of esters is 2. The number of amides is 2. The highest BCUT2D eigenvalue weighted by atomic mass is 16.5. The zero-order chi connectivity index (χ0) is 24.5. The fourth-order valence-corrected chi connectivity index (χ4v) is 4.88. The molecule has 8 nitrogen and oxygen atoms in total. The smallest absolute Gasteiger partial charge is 0.307 e. The lowest BCUT2D eigenvalue weighted by Gasteiger charge is -2.34. The Balaban J connectivity index is 1.57. The minimum Gasteiger partial charge on any atom is -0.466 e. The molecule has 34 heavy (non-hydrogen) atoms. The van der Waals surface area contributed by atoms with Gasteiger partial charge < -0.3 is 19.3 Å². The number of carbonyl (C=O) groups excluding carboxylic acids is 4. The molecule has 3 saturated carbocycles. The van der Waals surface area contributed by atoms with Crippen LogP contribution in [-0.4, -0.2) is 72.9 Å². The van der Waals surface area contributed by atoms with Gasteiger partial charge in [0.05, 0.1) is 26.1 Å². The largest absolute Gasteiger partial charge is 0.466 e. The second-order valence-electron chi connectivity index (χ2n) is 10.1. The molecule has 0 aromatic heterocycles. The van der Waals surface area contributed by atoms with Crippen molar-refractivity contribution >= 4 is 23.8 Å². The van der Waals surface area contributed by atoms with Crippen molar-refractivity contribution in [3.63, 3.8) is 0 Å². The van der Waals surface area contributed by atoms with Gasteiger partial charge in [0.1, 0.15) is 0 Å². The van der Waals surface area contributed by atoms with Gasteiger partial charge in [-0.15, -0.1) is 0 Å². The standard InChI is InChI=1S/C26H42N2O6/c1-3-33-23(29)12-14-27(17-19-8-9-19)25(31)21-6-5-7-22(16-21)26(32)28(18-20-10-11-20)15-13-24(30)34-4-2/h19-22H,3-18H2,1-2H3. The van der Waals surface area contributed by atoms with Crippen LogP contribution >= 0.6 is 0 Å². The molecule has 8 heteroatoms. The number of nitrogens with zero attached hydrogens (tertiary/aromatic N) is 2. The van der Waals surface area contributed by atoms with Crippen LogP contribution in [0.2, 0.25) is 0 Å². The highest BCUT2D eigenvalue weighted by Gasteiger charge is 2.38. The maximum atomic E-state index is 13.4. The van der Waals surface area contributed by atoms with Crippen LogP contribution in [0.1, 0.15) is 78.1 Å². The maximum Gasteiger partial charge on any atom is 0.307 e. The summed E-state index contributed by atoms with van der Waals surface area (Å²) in [5, 5.41) is 0. The summed E-state index contributed by atoms with van der Waals surface area (Å²) in [7, 11) is 0. The summed E-state index contributed by atoms with van der Waals surface area (Å²) in [4.78, 5) is 54.3. The first-order valence-corrected chi connectivity index (χ1v) is 13.3. The molecule has 2 atom stereocenters. The summed E-state index contributed by atoms with van der Waals surface area (Å²) in [6.07, 6.45) is 7.92. The number of ether oxygens (including phenoxy) is 2. The van der Waals surface area contributed by atoms with E-state index in [9.17, 15) is 19.2 Å². The van der Waals surface area contributed by atoms with Gasteiger partial charge in [0.25, 0.3) is 0 Å². The van der Waals surface area contributed by atoms with Crippen LogP contribution in [0.15, 0.2) is 0 Å². The van der Waals surface area contributed by atoms with Crippen molar-refractivity contribution in [1.82, 2.24) is 9.80 Å². The normalized spacial score (nSPS) is 22.1. The lowest BCUT2D eigenvalue weighted by molar-refractivity contribution is -0.145. The number of hydrogen-bond acceptors (Lipinski definition) is 6. The zero-order valence-electron chi connectivity index (χ0n) is 21.0. The van der Waals surface area contributed by atoms with Gasteiger partial charge in [-0.3, -0.25) is 19.2 Å². The van der Waals surface area contributed by atoms with E-state index >= 15 is 0 Å². The first kappa shape index (κ1) is 26.5. The Morgan fingerprint density at radius 3 is 1.44 bits per heavy atom. The van der Waals surface area contributed by atoms with E-state index in [1.807, 2.05) is 9.80 Å². The van der Waals surface area contributed by atoms with Crippen LogP contribution < -0.4 is 0 Å². The van der Waals surface area contributed by atoms with Gasteiger partial charge >= 0.3 is 11.9 Å². The fraction of sp³-hybridized carbons (Fsp3) is 0.846. The molecular weight excluding hydrogens is 436 g/mol. The molecule has 3 aliphatic rings. The van der Waals surface area contributed by atoms with Crippen molar-refractivity contribution in [2.24, 2.45) is 23.7 Å². The molecule has 0 aliphatic heterocycles. The third-order valence-electron chi connectivity index (χ3n) is 7.13. The Morgan fingerprint density at radius 2 is 1.09 bits per heavy atom. The minimum absolute atomic E-state index is 0.0777. The Hall–Kier alpha value is -2.12. The first-order valence-electron chi connectivity index (χ1n) is 13.3. The van der Waals surface area contributed by atoms with Crippen molar-refractivity contribution in [3.8, 4) is 0 Å². The van der Waals surface area contributed by atoms with E-state index in [-0.39, 0.29) is 48.4 Å². The fourth-order valence-electron chi connectivity index (χ4n) is 4.88. The van der Waals surface area contributed by atoms with E-state index in [0.717, 1.165) is 44.9 Å². The molecule has 3 fully saturated rings. The molecule has 0 heterocycles. The lowest BCUT2D eigenvalue weighted by Crippen LogP contribution is -2.44. The predicted octanol–water partition coefficient (Wildman–Crippen LogP) is 3.18. The van der Waals surface area contributed by atoms with E-state index in [4.69, 9.17) is 9.47 Å². The predicted molar refractivity (Wildman–Crippen MR) is 127 cm³/mol. The van der Waals surface area contributed by atoms with Crippen LogP contribution in [0.25, 0.3) is 0 Å². The topological polar surface area (TPSA) is 93.2 Å². The Bertz CT molecular complexity index is 660. The molecule has 0 bridgehead atoms. The van der Waals surface area contributed by atoms with Crippen molar-refractivity contribution in [3.05, 3.63) is 0 Å². The highest BCUT2D eigenvalue weighted by Crippen LogP contribution is 2.36. The van der Waals surface area contributed by atoms with Gasteiger partial charge in [-0.05, 0) is 70.6 Å². The summed E-state index contributed by atoms with van der Waals surface area (Å²) in [6, 6.07) is 0. The number of hydrogen-bond donors (Lipinski definition) is 0. The van der Waals surface area contributed by atoms with Crippen LogP contribution in [0.3, 0.4) is 0 Å². The van der Waals surface area contributed by atoms with Crippen LogP contribution in [0.4, 0.5) is 0 Å². The summed E-state index contributed by atoms with van der Waals surface area (Å²) in [5.74, 6) is 0.305. The molecule has 192 valence electrons. The van der Waals surface area contributed by atoms with E-state index in [2.05, 4.69) is 0 Å². The average Bonchev–Trinajstić information content (AvgIpc) is 3.75. The Labute approximate surface area is 203 Å². The number of carbonyl (C=O) groups is 4. The SMILES string of the molecule is CCOC(=O)CCN(CC1CC1)C(=O)C1CCCC(C(=O)N(CCC(=O)OCC)CC2CC2)C1. The third-order valence-corrected chi connectivity index (χ3v) is 7.13. The van der Waals surface area contributed by atoms with Gasteiger partial charge in [-0.25, -0.2) is 0 Å². The molecule has 0 N–H and O–H groups in total. The van der Waals surface area contributed by atoms with E-state index in [0.29, 0.717) is 57.6 Å². The van der Waals surface area contributed by atoms with Crippen LogP contribution in [-0.2, 0) is 28.7 Å². The zero-order valence-corrected chi connectivity index (χ0v) is 21.0.